The lowest BCUT2D eigenvalue weighted by Gasteiger charge is -2.21. The van der Waals surface area contributed by atoms with Crippen LogP contribution in [0.1, 0.15) is 12.6 Å². The van der Waals surface area contributed by atoms with Gasteiger partial charge in [0.1, 0.15) is 40.4 Å². The molecule has 1 fully saturated rings. The fourth-order valence-corrected chi connectivity index (χ4v) is 4.51. The molecule has 3 unspecified atom stereocenters. The Morgan fingerprint density at radius 1 is 1.00 bits per heavy atom. The molecule has 11 nitrogen and oxygen atoms in total. The number of aliphatic hydroxyl groups is 1. The lowest BCUT2D eigenvalue weighted by atomic mass is 10.2. The molecule has 2 aromatic carbocycles. The van der Waals surface area contributed by atoms with Crippen LogP contribution in [0.25, 0.3) is 0 Å². The predicted molar refractivity (Wildman–Crippen MR) is 138 cm³/mol. The van der Waals surface area contributed by atoms with Crippen molar-refractivity contribution in [1.82, 2.24) is 9.55 Å². The minimum absolute atomic E-state index is 0.0902. The molecule has 1 aliphatic heterocycles. The first-order valence-corrected chi connectivity index (χ1v) is 12.8. The normalized spacial score (nSPS) is 18.3. The minimum Gasteiger partial charge on any atom is -0.497 e. The van der Waals surface area contributed by atoms with E-state index in [4.69, 9.17) is 39.4 Å². The largest absolute Gasteiger partial charge is 0.497 e. The first-order valence-electron chi connectivity index (χ1n) is 11.3. The van der Waals surface area contributed by atoms with Gasteiger partial charge >= 0.3 is 14.3 Å². The Morgan fingerprint density at radius 3 is 1.97 bits per heavy atom. The van der Waals surface area contributed by atoms with Crippen LogP contribution < -0.4 is 29.8 Å². The van der Waals surface area contributed by atoms with Crippen LogP contribution >= 0.6 is 20.2 Å². The van der Waals surface area contributed by atoms with Crippen LogP contribution in [0.4, 0.5) is 8.78 Å². The summed E-state index contributed by atoms with van der Waals surface area (Å²) in [5.41, 5.74) is -1.40. The van der Waals surface area contributed by atoms with Crippen molar-refractivity contribution < 1.29 is 41.7 Å². The van der Waals surface area contributed by atoms with Gasteiger partial charge in [0.15, 0.2) is 0 Å². The van der Waals surface area contributed by atoms with E-state index in [2.05, 4.69) is 4.98 Å². The summed E-state index contributed by atoms with van der Waals surface area (Å²) in [6, 6.07) is 13.8. The molecule has 1 saturated heterocycles. The van der Waals surface area contributed by atoms with Crippen LogP contribution in [0, 0.1) is 0 Å². The van der Waals surface area contributed by atoms with E-state index in [1.807, 2.05) is 0 Å². The van der Waals surface area contributed by atoms with Gasteiger partial charge in [0.2, 0.25) is 6.93 Å². The number of aromatic amines is 1. The molecule has 2 N–H and O–H groups in total. The lowest BCUT2D eigenvalue weighted by Crippen LogP contribution is -2.32. The van der Waals surface area contributed by atoms with Crippen molar-refractivity contribution in [3.8, 4) is 23.0 Å². The van der Waals surface area contributed by atoms with Crippen molar-refractivity contribution in [2.45, 2.75) is 24.9 Å². The number of hydrogen-bond donors (Lipinski definition) is 2. The zero-order chi connectivity index (χ0) is 28.4. The van der Waals surface area contributed by atoms with Crippen LogP contribution in [-0.2, 0) is 9.26 Å². The van der Waals surface area contributed by atoms with Gasteiger partial charge in [-0.2, -0.15) is 0 Å². The van der Waals surface area contributed by atoms with Crippen molar-refractivity contribution in [3.63, 3.8) is 0 Å². The van der Waals surface area contributed by atoms with Crippen LogP contribution in [0.3, 0.4) is 0 Å². The van der Waals surface area contributed by atoms with Gasteiger partial charge in [0.05, 0.1) is 26.9 Å². The number of nitrogens with one attached hydrogen (secondary N) is 1. The number of aliphatic hydroxyl groups excluding tert-OH is 1. The SMILES string of the molecule is COc1ccc(OP(OCC2OC(n3cc(Cl)c(=O)[nH]c3=O)CC2O)Oc2ccc(OC)cc2)cc1.FCF. The molecule has 0 radical (unpaired) electrons. The first kappa shape index (κ1) is 30.3. The van der Waals surface area contributed by atoms with Crippen LogP contribution in [-0.4, -0.2) is 54.6 Å². The average molecular weight is 591 g/mol. The molecule has 0 saturated carbocycles. The topological polar surface area (TPSA) is 130 Å². The number of halogens is 3. The summed E-state index contributed by atoms with van der Waals surface area (Å²) in [6.45, 7) is -1.85. The van der Waals surface area contributed by atoms with Crippen molar-refractivity contribution in [2.24, 2.45) is 0 Å². The third-order valence-electron chi connectivity index (χ3n) is 5.26. The summed E-state index contributed by atoms with van der Waals surface area (Å²) in [5, 5.41) is 10.3. The molecule has 0 spiro atoms. The highest BCUT2D eigenvalue weighted by molar-refractivity contribution is 7.42. The Labute approximate surface area is 227 Å². The molecule has 1 aliphatic rings. The maximum Gasteiger partial charge on any atom is 0.463 e. The van der Waals surface area contributed by atoms with Crippen LogP contribution in [0.5, 0.6) is 23.0 Å². The monoisotopic (exact) mass is 590 g/mol. The summed E-state index contributed by atoms with van der Waals surface area (Å²) in [7, 11) is 1.16. The van der Waals surface area contributed by atoms with E-state index in [0.717, 1.165) is 4.57 Å². The van der Waals surface area contributed by atoms with E-state index in [1.54, 1.807) is 62.8 Å². The van der Waals surface area contributed by atoms with E-state index in [0.29, 0.717) is 23.0 Å². The third kappa shape index (κ3) is 8.64. The molecule has 39 heavy (non-hydrogen) atoms. The van der Waals surface area contributed by atoms with Crippen molar-refractivity contribution in [3.05, 3.63) is 80.6 Å². The smallest absolute Gasteiger partial charge is 0.463 e. The number of nitrogens with zero attached hydrogens (tertiary/aromatic N) is 1. The second kappa shape index (κ2) is 14.8. The number of methoxy groups -OCH3 is 2. The van der Waals surface area contributed by atoms with Crippen molar-refractivity contribution in [1.29, 1.82) is 0 Å². The highest BCUT2D eigenvalue weighted by atomic mass is 35.5. The maximum atomic E-state index is 12.2. The first-order chi connectivity index (χ1) is 18.8. The minimum atomic E-state index is -1.97. The quantitative estimate of drug-likeness (QED) is 0.335. The molecule has 3 aromatic rings. The van der Waals surface area contributed by atoms with Gasteiger partial charge in [0.25, 0.3) is 5.56 Å². The Morgan fingerprint density at radius 2 is 1.49 bits per heavy atom. The van der Waals surface area contributed by atoms with Gasteiger partial charge in [-0.05, 0) is 48.5 Å². The number of H-pyrrole nitrogens is 1. The van der Waals surface area contributed by atoms with E-state index < -0.39 is 45.2 Å². The highest BCUT2D eigenvalue weighted by Gasteiger charge is 2.37. The number of rotatable bonds is 10. The van der Waals surface area contributed by atoms with Crippen LogP contribution in [0.15, 0.2) is 64.3 Å². The van der Waals surface area contributed by atoms with Gasteiger partial charge in [-0.1, -0.05) is 11.6 Å². The maximum absolute atomic E-state index is 12.2. The van der Waals surface area contributed by atoms with Gasteiger partial charge in [-0.3, -0.25) is 18.9 Å². The molecular formula is C24H26ClF2N2O9P. The summed E-state index contributed by atoms with van der Waals surface area (Å²) < 4.78 is 54.2. The summed E-state index contributed by atoms with van der Waals surface area (Å²) in [5.74, 6) is 2.29. The second-order valence-electron chi connectivity index (χ2n) is 7.73. The fraction of sp³-hybridized carbons (Fsp3) is 0.333. The number of benzene rings is 2. The molecular weight excluding hydrogens is 565 g/mol. The number of ether oxygens (including phenoxy) is 3. The summed E-state index contributed by atoms with van der Waals surface area (Å²) >= 11 is 5.84. The van der Waals surface area contributed by atoms with Gasteiger partial charge < -0.3 is 28.4 Å². The Kier molecular flexibility index (Phi) is 11.5. The average Bonchev–Trinajstić information content (AvgIpc) is 3.30. The summed E-state index contributed by atoms with van der Waals surface area (Å²) in [6.07, 6.45) is -1.32. The second-order valence-corrected chi connectivity index (χ2v) is 9.21. The fourth-order valence-electron chi connectivity index (χ4n) is 3.36. The zero-order valence-corrected chi connectivity index (χ0v) is 22.4. The van der Waals surface area contributed by atoms with Gasteiger partial charge in [0, 0.05) is 12.6 Å². The Bertz CT molecular complexity index is 1240. The number of aromatic nitrogens is 2. The number of alkyl halides is 2. The van der Waals surface area contributed by atoms with E-state index in [1.165, 1.54) is 6.20 Å². The standard InChI is InChI=1S/C23H24ClN2O9P.CH2F2/c1-30-14-3-7-16(8-4-14)34-36(35-17-9-5-15(31-2)6-10-17)32-13-20-19(27)11-21(33-20)26-12-18(24)22(28)25-23(26)29;2-1-3/h3-10,12,19-21,27H,11,13H2,1-2H3,(H,25,28,29);1H2. The molecule has 15 heteroatoms. The molecule has 2 heterocycles. The zero-order valence-electron chi connectivity index (χ0n) is 20.8. The molecule has 0 aliphatic carbocycles. The lowest BCUT2D eigenvalue weighted by molar-refractivity contribution is -0.0420. The molecule has 212 valence electrons. The van der Waals surface area contributed by atoms with E-state index in [9.17, 15) is 23.5 Å². The summed E-state index contributed by atoms with van der Waals surface area (Å²) in [4.78, 5) is 25.8. The Balaban J connectivity index is 0.00000134. The van der Waals surface area contributed by atoms with Gasteiger partial charge in [-0.25, -0.2) is 13.6 Å². The van der Waals surface area contributed by atoms with E-state index >= 15 is 0 Å². The molecule has 0 bridgehead atoms. The van der Waals surface area contributed by atoms with Crippen molar-refractivity contribution >= 4 is 20.2 Å². The van der Waals surface area contributed by atoms with Crippen molar-refractivity contribution in [2.75, 3.05) is 27.8 Å². The Hall–Kier alpha value is -3.22. The predicted octanol–water partition coefficient (Wildman–Crippen LogP) is 4.14. The molecule has 3 atom stereocenters. The molecule has 0 amide bonds. The molecule has 4 rings (SSSR count). The highest BCUT2D eigenvalue weighted by Crippen LogP contribution is 2.43. The van der Waals surface area contributed by atoms with Crippen LogP contribution in [0.2, 0.25) is 5.02 Å². The van der Waals surface area contributed by atoms with Gasteiger partial charge in [-0.15, -0.1) is 0 Å². The number of hydrogen-bond acceptors (Lipinski definition) is 9. The van der Waals surface area contributed by atoms with E-state index in [-0.39, 0.29) is 18.1 Å². The molecule has 1 aromatic heterocycles. The third-order valence-corrected chi connectivity index (χ3v) is 6.61.